The number of rotatable bonds is 5. The van der Waals surface area contributed by atoms with Crippen LogP contribution in [0.15, 0.2) is 66.7 Å². The molecule has 2 atom stereocenters. The van der Waals surface area contributed by atoms with Crippen molar-refractivity contribution in [2.24, 2.45) is 5.92 Å². The predicted molar refractivity (Wildman–Crippen MR) is 103 cm³/mol. The molecule has 0 bridgehead atoms. The van der Waals surface area contributed by atoms with E-state index in [-0.39, 0.29) is 17.8 Å². The molecular formula is C23H20O4. The van der Waals surface area contributed by atoms with E-state index in [0.29, 0.717) is 29.7 Å². The number of carboxylic acid groups (broad SMARTS) is 1. The first-order valence-corrected chi connectivity index (χ1v) is 9.14. The quantitative estimate of drug-likeness (QED) is 0.670. The van der Waals surface area contributed by atoms with Gasteiger partial charge in [0.2, 0.25) is 0 Å². The molecule has 0 saturated heterocycles. The Bertz CT molecular complexity index is 994. The van der Waals surface area contributed by atoms with Crippen molar-refractivity contribution in [3.05, 3.63) is 77.9 Å². The van der Waals surface area contributed by atoms with E-state index in [1.165, 1.54) is 0 Å². The molecule has 0 aromatic heterocycles. The molecule has 1 fully saturated rings. The maximum absolute atomic E-state index is 12.9. The summed E-state index contributed by atoms with van der Waals surface area (Å²) in [6.07, 6.45) is 1.79. The third-order valence-electron chi connectivity index (χ3n) is 5.19. The summed E-state index contributed by atoms with van der Waals surface area (Å²) in [4.78, 5) is 24.1. The van der Waals surface area contributed by atoms with Gasteiger partial charge in [0.15, 0.2) is 5.78 Å². The first kappa shape index (κ1) is 17.3. The molecule has 4 heteroatoms. The zero-order valence-corrected chi connectivity index (χ0v) is 14.8. The molecule has 0 aliphatic heterocycles. The number of hydrogen-bond donors (Lipinski definition) is 1. The van der Waals surface area contributed by atoms with Crippen molar-refractivity contribution in [3.8, 4) is 5.75 Å². The fourth-order valence-electron chi connectivity index (χ4n) is 3.77. The molecule has 1 aliphatic rings. The van der Waals surface area contributed by atoms with Crippen LogP contribution in [-0.2, 0) is 4.79 Å². The zero-order valence-electron chi connectivity index (χ0n) is 14.8. The van der Waals surface area contributed by atoms with Gasteiger partial charge in [-0.05, 0) is 36.8 Å². The van der Waals surface area contributed by atoms with Gasteiger partial charge >= 0.3 is 5.97 Å². The molecule has 4 rings (SSSR count). The second-order valence-corrected chi connectivity index (χ2v) is 6.94. The predicted octanol–water partition coefficient (Wildman–Crippen LogP) is 4.70. The van der Waals surface area contributed by atoms with Crippen LogP contribution in [0.4, 0.5) is 0 Å². The number of fused-ring (bicyclic) bond motifs is 1. The molecule has 2 unspecified atom stereocenters. The van der Waals surface area contributed by atoms with Crippen molar-refractivity contribution in [2.75, 3.05) is 0 Å². The second kappa shape index (κ2) is 7.23. The van der Waals surface area contributed by atoms with Crippen molar-refractivity contribution in [1.82, 2.24) is 0 Å². The van der Waals surface area contributed by atoms with Crippen LogP contribution in [0.25, 0.3) is 10.8 Å². The summed E-state index contributed by atoms with van der Waals surface area (Å²) in [5, 5.41) is 10.9. The Kier molecular flexibility index (Phi) is 4.63. The number of carbonyl (C=O) groups excluding carboxylic acids is 1. The van der Waals surface area contributed by atoms with Gasteiger partial charge in [-0.3, -0.25) is 9.59 Å². The minimum Gasteiger partial charge on any atom is -0.490 e. The number of ketones is 1. The van der Waals surface area contributed by atoms with Gasteiger partial charge in [0.05, 0.1) is 12.0 Å². The van der Waals surface area contributed by atoms with E-state index in [1.807, 2.05) is 60.7 Å². The number of ether oxygens (including phenoxy) is 1. The van der Waals surface area contributed by atoms with Crippen LogP contribution in [-0.4, -0.2) is 23.0 Å². The van der Waals surface area contributed by atoms with Crippen LogP contribution in [0.2, 0.25) is 0 Å². The molecule has 0 spiro atoms. The average molecular weight is 360 g/mol. The topological polar surface area (TPSA) is 63.6 Å². The molecule has 3 aromatic rings. The van der Waals surface area contributed by atoms with E-state index >= 15 is 0 Å². The molecule has 27 heavy (non-hydrogen) atoms. The van der Waals surface area contributed by atoms with Crippen molar-refractivity contribution in [3.63, 3.8) is 0 Å². The molecule has 136 valence electrons. The summed E-state index contributed by atoms with van der Waals surface area (Å²) < 4.78 is 6.13. The van der Waals surface area contributed by atoms with Gasteiger partial charge in [-0.15, -0.1) is 0 Å². The molecular weight excluding hydrogens is 340 g/mol. The largest absolute Gasteiger partial charge is 0.490 e. The molecule has 1 aliphatic carbocycles. The van der Waals surface area contributed by atoms with Crippen LogP contribution in [0.1, 0.15) is 35.2 Å². The average Bonchev–Trinajstić information content (AvgIpc) is 3.17. The number of hydrogen-bond acceptors (Lipinski definition) is 3. The summed E-state index contributed by atoms with van der Waals surface area (Å²) >= 11 is 0. The van der Waals surface area contributed by atoms with Gasteiger partial charge in [0.25, 0.3) is 0 Å². The van der Waals surface area contributed by atoms with Crippen molar-refractivity contribution >= 4 is 22.5 Å². The fraction of sp³-hybridized carbons (Fsp3) is 0.217. The summed E-state index contributed by atoms with van der Waals surface area (Å²) in [6.45, 7) is 0. The molecule has 0 radical (unpaired) electrons. The number of carboxylic acids is 1. The SMILES string of the molecule is O=C(c1ccccc1)c1ccc(OC2CCC(C(=O)O)C2)c2ccccc12. The van der Waals surface area contributed by atoms with Crippen LogP contribution in [0, 0.1) is 5.92 Å². The molecule has 4 nitrogen and oxygen atoms in total. The van der Waals surface area contributed by atoms with Crippen molar-refractivity contribution in [1.29, 1.82) is 0 Å². The van der Waals surface area contributed by atoms with Crippen LogP contribution < -0.4 is 4.74 Å². The third-order valence-corrected chi connectivity index (χ3v) is 5.19. The van der Waals surface area contributed by atoms with Crippen molar-refractivity contribution < 1.29 is 19.4 Å². The standard InChI is InChI=1S/C23H20O4/c24-22(15-6-2-1-3-7-15)20-12-13-21(19-9-5-4-8-18(19)20)27-17-11-10-16(14-17)23(25)26/h1-9,12-13,16-17H,10-11,14H2,(H,25,26). The van der Waals surface area contributed by atoms with Crippen LogP contribution in [0.3, 0.4) is 0 Å². The lowest BCUT2D eigenvalue weighted by Crippen LogP contribution is -2.15. The summed E-state index contributed by atoms with van der Waals surface area (Å²) in [7, 11) is 0. The Labute approximate surface area is 157 Å². The van der Waals surface area contributed by atoms with Gasteiger partial charge in [-0.2, -0.15) is 0 Å². The van der Waals surface area contributed by atoms with E-state index in [9.17, 15) is 14.7 Å². The van der Waals surface area contributed by atoms with Crippen LogP contribution in [0.5, 0.6) is 5.75 Å². The Balaban J connectivity index is 1.67. The monoisotopic (exact) mass is 360 g/mol. The molecule has 1 saturated carbocycles. The van der Waals surface area contributed by atoms with E-state index < -0.39 is 5.97 Å². The number of aliphatic carboxylic acids is 1. The lowest BCUT2D eigenvalue weighted by molar-refractivity contribution is -0.141. The highest BCUT2D eigenvalue weighted by atomic mass is 16.5. The Hall–Kier alpha value is -3.14. The first-order valence-electron chi connectivity index (χ1n) is 9.14. The second-order valence-electron chi connectivity index (χ2n) is 6.94. The zero-order chi connectivity index (χ0) is 18.8. The van der Waals surface area contributed by atoms with Gasteiger partial charge < -0.3 is 9.84 Å². The maximum atomic E-state index is 12.9. The Morgan fingerprint density at radius 3 is 2.26 bits per heavy atom. The highest BCUT2D eigenvalue weighted by Crippen LogP contribution is 2.34. The first-order chi connectivity index (χ1) is 13.1. The third kappa shape index (κ3) is 3.43. The van der Waals surface area contributed by atoms with E-state index in [0.717, 1.165) is 17.2 Å². The molecule has 1 N–H and O–H groups in total. The highest BCUT2D eigenvalue weighted by Gasteiger charge is 2.31. The Morgan fingerprint density at radius 2 is 1.56 bits per heavy atom. The minimum absolute atomic E-state index is 0.0230. The van der Waals surface area contributed by atoms with Crippen LogP contribution >= 0.6 is 0 Å². The molecule has 3 aromatic carbocycles. The van der Waals surface area contributed by atoms with E-state index in [1.54, 1.807) is 6.07 Å². The lowest BCUT2D eigenvalue weighted by atomic mass is 9.96. The number of benzene rings is 3. The fourth-order valence-corrected chi connectivity index (χ4v) is 3.77. The smallest absolute Gasteiger partial charge is 0.306 e. The van der Waals surface area contributed by atoms with Gasteiger partial charge in [0, 0.05) is 16.5 Å². The van der Waals surface area contributed by atoms with E-state index in [4.69, 9.17) is 4.74 Å². The van der Waals surface area contributed by atoms with Crippen molar-refractivity contribution in [2.45, 2.75) is 25.4 Å². The Morgan fingerprint density at radius 1 is 0.852 bits per heavy atom. The molecule has 0 amide bonds. The number of carbonyl (C=O) groups is 2. The summed E-state index contributed by atoms with van der Waals surface area (Å²) in [6, 6.07) is 20.5. The lowest BCUT2D eigenvalue weighted by Gasteiger charge is -2.17. The molecule has 0 heterocycles. The van der Waals surface area contributed by atoms with Gasteiger partial charge in [-0.25, -0.2) is 0 Å². The summed E-state index contributed by atoms with van der Waals surface area (Å²) in [5.41, 5.74) is 1.29. The minimum atomic E-state index is -0.755. The summed E-state index contributed by atoms with van der Waals surface area (Å²) in [5.74, 6) is -0.411. The van der Waals surface area contributed by atoms with Gasteiger partial charge in [-0.1, -0.05) is 54.6 Å². The normalized spacial score (nSPS) is 19.1. The maximum Gasteiger partial charge on any atom is 0.306 e. The van der Waals surface area contributed by atoms with Gasteiger partial charge in [0.1, 0.15) is 5.75 Å². The highest BCUT2D eigenvalue weighted by molar-refractivity contribution is 6.17. The van der Waals surface area contributed by atoms with E-state index in [2.05, 4.69) is 0 Å².